The Morgan fingerprint density at radius 3 is 0.935 bits per heavy atom. The van der Waals surface area contributed by atoms with Crippen molar-refractivity contribution in [3.63, 3.8) is 0 Å². The maximum absolute atomic E-state index is 11.5. The van der Waals surface area contributed by atoms with Gasteiger partial charge >= 0.3 is 5.97 Å². The zero-order valence-electron chi connectivity index (χ0n) is 20.9. The molecule has 0 rings (SSSR count). The summed E-state index contributed by atoms with van der Waals surface area (Å²) in [6, 6.07) is 0. The van der Waals surface area contributed by atoms with Crippen molar-refractivity contribution in [2.75, 3.05) is 0 Å². The van der Waals surface area contributed by atoms with Crippen LogP contribution in [0.1, 0.15) is 175 Å². The number of hydrogen-bond donors (Lipinski definition) is 1. The van der Waals surface area contributed by atoms with E-state index in [0.717, 1.165) is 25.7 Å². The third-order valence-electron chi connectivity index (χ3n) is 6.66. The molecule has 2 heteroatoms. The topological polar surface area (TPSA) is 37.3 Å². The van der Waals surface area contributed by atoms with E-state index in [9.17, 15) is 9.90 Å². The Morgan fingerprint density at radius 1 is 0.484 bits per heavy atom. The Hall–Kier alpha value is -0.530. The molecule has 0 heterocycles. The van der Waals surface area contributed by atoms with E-state index in [1.807, 2.05) is 0 Å². The zero-order valence-corrected chi connectivity index (χ0v) is 20.9. The van der Waals surface area contributed by atoms with Crippen LogP contribution in [0.5, 0.6) is 0 Å². The average molecular weight is 441 g/mol. The Morgan fingerprint density at radius 2 is 0.710 bits per heavy atom. The Labute approximate surface area is 197 Å². The maximum Gasteiger partial charge on any atom is 0.306 e. The Kier molecular flexibility index (Phi) is 29.0. The monoisotopic (exact) mass is 440 g/mol. The molecule has 0 aliphatic rings. The normalized spacial score (nSPS) is 11.9. The predicted molar refractivity (Wildman–Crippen MR) is 140 cm³/mol. The molecule has 0 aromatic carbocycles. The lowest BCUT2D eigenvalue weighted by Gasteiger charge is -2.12. The first-order chi connectivity index (χ1) is 14.7. The van der Waals surface area contributed by atoms with Crippen LogP contribution in [-0.2, 0) is 4.79 Å². The van der Waals surface area contributed by atoms with Gasteiger partial charge in [0.25, 0.3) is 0 Å². The summed E-state index contributed by atoms with van der Waals surface area (Å²) in [4.78, 5) is 11.5. The number of rotatable bonds is 25. The van der Waals surface area contributed by atoms with E-state index in [0.29, 0.717) is 0 Å². The van der Waals surface area contributed by atoms with Gasteiger partial charge in [-0.15, -0.1) is 0 Å². The molecule has 188 valence electrons. The molecule has 0 aromatic heterocycles. The molecule has 1 N–H and O–H groups in total. The molecule has 31 heavy (non-hydrogen) atoms. The highest BCUT2D eigenvalue weighted by molar-refractivity contribution is 5.69. The third kappa shape index (κ3) is 25.6. The van der Waals surface area contributed by atoms with Crippen LogP contribution in [0.4, 0.5) is 0 Å². The van der Waals surface area contributed by atoms with Crippen LogP contribution in [0.3, 0.4) is 0 Å². The molecule has 0 amide bonds. The van der Waals surface area contributed by atoms with Crippen molar-refractivity contribution in [3.05, 3.63) is 0 Å². The van der Waals surface area contributed by atoms with Gasteiger partial charge in [0.2, 0.25) is 0 Å². The van der Waals surface area contributed by atoms with Crippen LogP contribution < -0.4 is 0 Å². The van der Waals surface area contributed by atoms with Gasteiger partial charge in [-0.3, -0.25) is 4.79 Å². The van der Waals surface area contributed by atoms with Crippen molar-refractivity contribution < 1.29 is 9.90 Å². The molecule has 0 aliphatic heterocycles. The third-order valence-corrected chi connectivity index (χ3v) is 6.66. The first-order valence-corrected chi connectivity index (χ1v) is 13.9. The van der Waals surface area contributed by atoms with Crippen LogP contribution in [0.2, 0.25) is 0 Å². The number of carboxylic acids is 1. The molecule has 0 aromatic rings. The predicted octanol–water partition coefficient (Wildman–Crippen LogP) is 10.7. The Balaban J connectivity index is 0. The number of carboxylic acid groups (broad SMARTS) is 1. The van der Waals surface area contributed by atoms with Crippen molar-refractivity contribution in [1.29, 1.82) is 0 Å². The molecule has 1 atom stereocenters. The van der Waals surface area contributed by atoms with Gasteiger partial charge in [-0.05, 0) is 12.8 Å². The van der Waals surface area contributed by atoms with E-state index in [4.69, 9.17) is 0 Å². The second-order valence-electron chi connectivity index (χ2n) is 9.68. The molecular weight excluding hydrogens is 380 g/mol. The molecule has 2 nitrogen and oxygen atoms in total. The summed E-state index contributed by atoms with van der Waals surface area (Å²) < 4.78 is 0. The minimum atomic E-state index is -0.561. The SMILES string of the molecule is C.CCCCCCCCCCCCCCC(CCCCCCCCCCCC)C(=O)O. The number of unbranched alkanes of at least 4 members (excludes halogenated alkanes) is 20. The van der Waals surface area contributed by atoms with Crippen molar-refractivity contribution in [1.82, 2.24) is 0 Å². The summed E-state index contributed by atoms with van der Waals surface area (Å²) in [5.41, 5.74) is 0. The van der Waals surface area contributed by atoms with Crippen LogP contribution in [-0.4, -0.2) is 11.1 Å². The van der Waals surface area contributed by atoms with Gasteiger partial charge in [-0.2, -0.15) is 0 Å². The number of carbonyl (C=O) groups is 1. The fourth-order valence-corrected chi connectivity index (χ4v) is 4.50. The largest absolute Gasteiger partial charge is 0.481 e. The minimum absolute atomic E-state index is 0. The van der Waals surface area contributed by atoms with Crippen molar-refractivity contribution in [2.45, 2.75) is 175 Å². The van der Waals surface area contributed by atoms with Crippen LogP contribution >= 0.6 is 0 Å². The highest BCUT2D eigenvalue weighted by Gasteiger charge is 2.16. The summed E-state index contributed by atoms with van der Waals surface area (Å²) >= 11 is 0. The molecule has 0 aliphatic carbocycles. The lowest BCUT2D eigenvalue weighted by Crippen LogP contribution is -2.13. The van der Waals surface area contributed by atoms with Crippen LogP contribution in [0, 0.1) is 5.92 Å². The van der Waals surface area contributed by atoms with E-state index < -0.39 is 5.97 Å². The molecule has 0 bridgehead atoms. The van der Waals surface area contributed by atoms with Gasteiger partial charge in [0.05, 0.1) is 5.92 Å². The van der Waals surface area contributed by atoms with Gasteiger partial charge in [0.15, 0.2) is 0 Å². The number of aliphatic carboxylic acids is 1. The van der Waals surface area contributed by atoms with Gasteiger partial charge in [0.1, 0.15) is 0 Å². The van der Waals surface area contributed by atoms with Crippen molar-refractivity contribution in [2.24, 2.45) is 5.92 Å². The lowest BCUT2D eigenvalue weighted by atomic mass is 9.94. The van der Waals surface area contributed by atoms with Gasteiger partial charge in [-0.1, -0.05) is 163 Å². The second kappa shape index (κ2) is 27.5. The standard InChI is InChI=1S/C28H56O2.CH4/c1-3-5-7-9-11-13-15-16-18-20-22-24-26-27(28(29)30)25-23-21-19-17-14-12-10-8-6-4-2;/h27H,3-26H2,1-2H3,(H,29,30);1H4. The van der Waals surface area contributed by atoms with E-state index in [1.54, 1.807) is 0 Å². The van der Waals surface area contributed by atoms with Gasteiger partial charge < -0.3 is 5.11 Å². The highest BCUT2D eigenvalue weighted by atomic mass is 16.4. The molecule has 0 fully saturated rings. The van der Waals surface area contributed by atoms with E-state index in [2.05, 4.69) is 13.8 Å². The fraction of sp³-hybridized carbons (Fsp3) is 0.966. The smallest absolute Gasteiger partial charge is 0.306 e. The summed E-state index contributed by atoms with van der Waals surface area (Å²) in [5, 5.41) is 9.49. The molecular formula is C29H60O2. The molecule has 0 radical (unpaired) electrons. The van der Waals surface area contributed by atoms with Gasteiger partial charge in [-0.25, -0.2) is 0 Å². The maximum atomic E-state index is 11.5. The highest BCUT2D eigenvalue weighted by Crippen LogP contribution is 2.20. The Bertz CT molecular complexity index is 340. The summed E-state index contributed by atoms with van der Waals surface area (Å²) in [7, 11) is 0. The van der Waals surface area contributed by atoms with E-state index >= 15 is 0 Å². The molecule has 0 spiro atoms. The second-order valence-corrected chi connectivity index (χ2v) is 9.68. The first kappa shape index (κ1) is 32.6. The van der Waals surface area contributed by atoms with Crippen molar-refractivity contribution in [3.8, 4) is 0 Å². The average Bonchev–Trinajstić information content (AvgIpc) is 2.74. The van der Waals surface area contributed by atoms with Crippen LogP contribution in [0.25, 0.3) is 0 Å². The molecule has 0 saturated heterocycles. The lowest BCUT2D eigenvalue weighted by molar-refractivity contribution is -0.142. The molecule has 1 unspecified atom stereocenters. The van der Waals surface area contributed by atoms with E-state index in [1.165, 1.54) is 128 Å². The number of hydrogen-bond acceptors (Lipinski definition) is 1. The zero-order chi connectivity index (χ0) is 22.1. The fourth-order valence-electron chi connectivity index (χ4n) is 4.50. The molecule has 0 saturated carbocycles. The van der Waals surface area contributed by atoms with Crippen LogP contribution in [0.15, 0.2) is 0 Å². The summed E-state index contributed by atoms with van der Waals surface area (Å²) in [6.45, 7) is 4.54. The first-order valence-electron chi connectivity index (χ1n) is 13.9. The van der Waals surface area contributed by atoms with Gasteiger partial charge in [0, 0.05) is 0 Å². The summed E-state index contributed by atoms with van der Waals surface area (Å²) in [6.07, 6.45) is 31.1. The quantitative estimate of drug-likeness (QED) is 0.143. The van der Waals surface area contributed by atoms with Crippen molar-refractivity contribution >= 4 is 5.97 Å². The minimum Gasteiger partial charge on any atom is -0.481 e. The summed E-state index contributed by atoms with van der Waals surface area (Å²) in [5.74, 6) is -0.656. The van der Waals surface area contributed by atoms with E-state index in [-0.39, 0.29) is 13.3 Å².